The molecule has 1 fully saturated rings. The number of hydrogen-bond donors (Lipinski definition) is 2. The van der Waals surface area contributed by atoms with Crippen molar-refractivity contribution in [2.75, 3.05) is 6.54 Å². The van der Waals surface area contributed by atoms with Crippen molar-refractivity contribution in [3.05, 3.63) is 28.2 Å². The molecule has 1 amide bonds. The van der Waals surface area contributed by atoms with Crippen LogP contribution in [0.2, 0.25) is 0 Å². The van der Waals surface area contributed by atoms with Crippen LogP contribution in [0.15, 0.2) is 16.9 Å². The topological polar surface area (TPSA) is 113 Å². The van der Waals surface area contributed by atoms with Crippen LogP contribution < -0.4 is 5.56 Å². The summed E-state index contributed by atoms with van der Waals surface area (Å²) in [4.78, 5) is 35.4. The number of hydrogen-bond acceptors (Lipinski definition) is 5. The minimum absolute atomic E-state index is 0.00711. The van der Waals surface area contributed by atoms with Gasteiger partial charge in [0, 0.05) is 26.1 Å². The minimum atomic E-state index is -1.17. The lowest BCUT2D eigenvalue weighted by molar-refractivity contribution is -0.141. The summed E-state index contributed by atoms with van der Waals surface area (Å²) >= 11 is 0. The first kappa shape index (κ1) is 13.2. The summed E-state index contributed by atoms with van der Waals surface area (Å²) in [5, 5.41) is 22.3. The van der Waals surface area contributed by atoms with Gasteiger partial charge < -0.3 is 15.1 Å². The summed E-state index contributed by atoms with van der Waals surface area (Å²) in [7, 11) is 1.40. The number of aliphatic carboxylic acids is 1. The molecule has 19 heavy (non-hydrogen) atoms. The van der Waals surface area contributed by atoms with E-state index in [0.29, 0.717) is 0 Å². The van der Waals surface area contributed by atoms with Gasteiger partial charge in [-0.15, -0.1) is 0 Å². The van der Waals surface area contributed by atoms with Crippen LogP contribution in [0.5, 0.6) is 0 Å². The zero-order chi connectivity index (χ0) is 14.2. The number of aliphatic hydroxyl groups excluding tert-OH is 1. The molecule has 0 bridgehead atoms. The predicted molar refractivity (Wildman–Crippen MR) is 62.6 cm³/mol. The molecule has 0 unspecified atom stereocenters. The molecule has 1 aliphatic rings. The van der Waals surface area contributed by atoms with Crippen molar-refractivity contribution in [1.29, 1.82) is 0 Å². The van der Waals surface area contributed by atoms with E-state index in [4.69, 9.17) is 5.11 Å². The van der Waals surface area contributed by atoms with Crippen LogP contribution in [-0.2, 0) is 11.8 Å². The molecule has 0 saturated carbocycles. The number of likely N-dealkylation sites (tertiary alicyclic amines) is 1. The van der Waals surface area contributed by atoms with Gasteiger partial charge in [-0.25, -0.2) is 9.48 Å². The predicted octanol–water partition coefficient (Wildman–Crippen LogP) is -1.56. The average molecular weight is 267 g/mol. The number of carbonyl (C=O) groups is 2. The smallest absolute Gasteiger partial charge is 0.326 e. The van der Waals surface area contributed by atoms with Gasteiger partial charge in [0.2, 0.25) is 0 Å². The van der Waals surface area contributed by atoms with Crippen LogP contribution in [0.25, 0.3) is 0 Å². The summed E-state index contributed by atoms with van der Waals surface area (Å²) < 4.78 is 0.996. The normalized spacial score (nSPS) is 22.5. The molecular formula is C11H13N3O5. The number of nitrogens with zero attached hydrogens (tertiary/aromatic N) is 3. The molecule has 1 aromatic heterocycles. The Labute approximate surface area is 107 Å². The quantitative estimate of drug-likeness (QED) is 0.670. The van der Waals surface area contributed by atoms with Crippen LogP contribution in [0.4, 0.5) is 0 Å². The molecule has 2 rings (SSSR count). The minimum Gasteiger partial charge on any atom is -0.480 e. The Morgan fingerprint density at radius 1 is 1.42 bits per heavy atom. The maximum Gasteiger partial charge on any atom is 0.326 e. The van der Waals surface area contributed by atoms with E-state index >= 15 is 0 Å². The lowest BCUT2D eigenvalue weighted by Crippen LogP contribution is -2.41. The third kappa shape index (κ3) is 2.48. The monoisotopic (exact) mass is 267 g/mol. The molecular weight excluding hydrogens is 254 g/mol. The number of β-amino-alcohol motifs (C(OH)–C–C–N with tert-alkyl or cyclic N) is 1. The zero-order valence-electron chi connectivity index (χ0n) is 10.2. The molecule has 8 heteroatoms. The van der Waals surface area contributed by atoms with Crippen molar-refractivity contribution in [3.63, 3.8) is 0 Å². The molecule has 2 atom stereocenters. The van der Waals surface area contributed by atoms with E-state index in [2.05, 4.69) is 5.10 Å². The number of amides is 1. The lowest BCUT2D eigenvalue weighted by Gasteiger charge is -2.20. The zero-order valence-corrected chi connectivity index (χ0v) is 10.2. The van der Waals surface area contributed by atoms with Gasteiger partial charge in [-0.2, -0.15) is 5.10 Å². The van der Waals surface area contributed by atoms with E-state index in [0.717, 1.165) is 9.58 Å². The van der Waals surface area contributed by atoms with Crippen molar-refractivity contribution in [3.8, 4) is 0 Å². The molecule has 0 radical (unpaired) electrons. The second-order valence-electron chi connectivity index (χ2n) is 4.38. The maximum atomic E-state index is 12.1. The Morgan fingerprint density at radius 3 is 2.68 bits per heavy atom. The molecule has 2 N–H and O–H groups in total. The molecule has 102 valence electrons. The van der Waals surface area contributed by atoms with E-state index in [1.165, 1.54) is 19.2 Å². The third-order valence-corrected chi connectivity index (χ3v) is 3.00. The summed E-state index contributed by atoms with van der Waals surface area (Å²) in [6.07, 6.45) is -0.870. The first-order chi connectivity index (χ1) is 8.90. The van der Waals surface area contributed by atoms with Crippen molar-refractivity contribution >= 4 is 11.9 Å². The maximum absolute atomic E-state index is 12.1. The Hall–Kier alpha value is -2.22. The highest BCUT2D eigenvalue weighted by Gasteiger charge is 2.39. The first-order valence-corrected chi connectivity index (χ1v) is 5.66. The van der Waals surface area contributed by atoms with Crippen LogP contribution in [0, 0.1) is 0 Å². The Morgan fingerprint density at radius 2 is 2.11 bits per heavy atom. The van der Waals surface area contributed by atoms with Crippen molar-refractivity contribution in [2.45, 2.75) is 18.6 Å². The molecule has 1 aliphatic heterocycles. The summed E-state index contributed by atoms with van der Waals surface area (Å²) in [5.41, 5.74) is -0.393. The number of aromatic nitrogens is 2. The van der Waals surface area contributed by atoms with E-state index < -0.39 is 24.0 Å². The van der Waals surface area contributed by atoms with Crippen LogP contribution in [0.1, 0.15) is 16.9 Å². The molecule has 2 heterocycles. The molecule has 1 aromatic rings. The highest BCUT2D eigenvalue weighted by Crippen LogP contribution is 2.20. The Bertz CT molecular complexity index is 582. The largest absolute Gasteiger partial charge is 0.480 e. The molecule has 1 saturated heterocycles. The fraction of sp³-hybridized carbons (Fsp3) is 0.455. The van der Waals surface area contributed by atoms with E-state index in [1.807, 2.05) is 0 Å². The van der Waals surface area contributed by atoms with E-state index in [1.54, 1.807) is 0 Å². The Balaban J connectivity index is 2.30. The van der Waals surface area contributed by atoms with Gasteiger partial charge in [0.05, 0.1) is 6.10 Å². The second kappa shape index (κ2) is 4.81. The van der Waals surface area contributed by atoms with Gasteiger partial charge in [0.1, 0.15) is 11.7 Å². The number of carboxylic acid groups (broad SMARTS) is 1. The number of aliphatic hydroxyl groups is 1. The molecule has 0 aliphatic carbocycles. The second-order valence-corrected chi connectivity index (χ2v) is 4.38. The number of carbonyl (C=O) groups excluding carboxylic acids is 1. The fourth-order valence-corrected chi connectivity index (χ4v) is 2.04. The van der Waals surface area contributed by atoms with Crippen molar-refractivity contribution in [1.82, 2.24) is 14.7 Å². The highest BCUT2D eigenvalue weighted by atomic mass is 16.4. The standard InChI is InChI=1S/C11H13N3O5/c1-13-9(16)3-2-7(12-13)10(17)14-5-6(15)4-8(14)11(18)19/h2-3,6,8,15H,4-5H2,1H3,(H,18,19)/t6-,8-/m1/s1. The van der Waals surface area contributed by atoms with E-state index in [9.17, 15) is 19.5 Å². The molecule has 0 spiro atoms. The van der Waals surface area contributed by atoms with Crippen LogP contribution in [-0.4, -0.2) is 55.5 Å². The average Bonchev–Trinajstić information content (AvgIpc) is 2.74. The van der Waals surface area contributed by atoms with Gasteiger partial charge >= 0.3 is 5.97 Å². The van der Waals surface area contributed by atoms with Crippen LogP contribution in [0.3, 0.4) is 0 Å². The lowest BCUT2D eigenvalue weighted by atomic mass is 10.2. The molecule has 0 aromatic carbocycles. The van der Waals surface area contributed by atoms with Gasteiger partial charge in [0.15, 0.2) is 0 Å². The molecule has 8 nitrogen and oxygen atoms in total. The van der Waals surface area contributed by atoms with Gasteiger partial charge in [-0.3, -0.25) is 9.59 Å². The number of carboxylic acids is 1. The van der Waals surface area contributed by atoms with Crippen molar-refractivity contribution < 1.29 is 19.8 Å². The fourth-order valence-electron chi connectivity index (χ4n) is 2.04. The van der Waals surface area contributed by atoms with Gasteiger partial charge in [-0.1, -0.05) is 0 Å². The Kier molecular flexibility index (Phi) is 3.34. The van der Waals surface area contributed by atoms with Crippen molar-refractivity contribution in [2.24, 2.45) is 7.05 Å². The third-order valence-electron chi connectivity index (χ3n) is 3.00. The van der Waals surface area contributed by atoms with Gasteiger partial charge in [-0.05, 0) is 6.07 Å². The van der Waals surface area contributed by atoms with Crippen LogP contribution >= 0.6 is 0 Å². The number of aryl methyl sites for hydroxylation is 1. The van der Waals surface area contributed by atoms with E-state index in [-0.39, 0.29) is 24.2 Å². The summed E-state index contributed by atoms with van der Waals surface area (Å²) in [6.45, 7) is -0.0552. The summed E-state index contributed by atoms with van der Waals surface area (Å²) in [6, 6.07) is 1.36. The summed E-state index contributed by atoms with van der Waals surface area (Å²) in [5.74, 6) is -1.78. The highest BCUT2D eigenvalue weighted by molar-refractivity contribution is 5.95. The van der Waals surface area contributed by atoms with Gasteiger partial charge in [0.25, 0.3) is 11.5 Å². The first-order valence-electron chi connectivity index (χ1n) is 5.66. The number of rotatable bonds is 2. The SMILES string of the molecule is Cn1nc(C(=O)N2C[C@H](O)C[C@@H]2C(=O)O)ccc1=O.